The van der Waals surface area contributed by atoms with Crippen LogP contribution in [0.5, 0.6) is 5.75 Å². The quantitative estimate of drug-likeness (QED) is 0.847. The summed E-state index contributed by atoms with van der Waals surface area (Å²) < 4.78 is 32.3. The molecule has 0 fully saturated rings. The van der Waals surface area contributed by atoms with Crippen molar-refractivity contribution in [1.29, 1.82) is 0 Å². The second kappa shape index (κ2) is 6.66. The summed E-state index contributed by atoms with van der Waals surface area (Å²) in [5.74, 6) is -1.19. The Labute approximate surface area is 107 Å². The molecule has 102 valence electrons. The number of methoxy groups -OCH3 is 1. The molecule has 1 rings (SSSR count). The van der Waals surface area contributed by atoms with E-state index in [0.717, 1.165) is 6.07 Å². The van der Waals surface area contributed by atoms with Gasteiger partial charge >= 0.3 is 0 Å². The van der Waals surface area contributed by atoms with E-state index in [0.29, 0.717) is 25.1 Å². The van der Waals surface area contributed by atoms with Gasteiger partial charge in [0.05, 0.1) is 7.11 Å². The SMILES string of the molecule is COc1cc(F)c(C(CCN)CN(C)C)cc1F. The minimum atomic E-state index is -0.547. The average Bonchev–Trinajstić information content (AvgIpc) is 2.30. The van der Waals surface area contributed by atoms with E-state index in [1.165, 1.54) is 13.2 Å². The van der Waals surface area contributed by atoms with Crippen molar-refractivity contribution in [3.8, 4) is 5.75 Å². The fraction of sp³-hybridized carbons (Fsp3) is 0.538. The lowest BCUT2D eigenvalue weighted by Gasteiger charge is -2.22. The summed E-state index contributed by atoms with van der Waals surface area (Å²) in [6.45, 7) is 1.06. The molecule has 1 aromatic rings. The highest BCUT2D eigenvalue weighted by Crippen LogP contribution is 2.28. The summed E-state index contributed by atoms with van der Waals surface area (Å²) in [5, 5.41) is 0. The van der Waals surface area contributed by atoms with E-state index in [1.54, 1.807) is 0 Å². The first-order valence-electron chi connectivity index (χ1n) is 5.87. The standard InChI is InChI=1S/C13H20F2N2O/c1-17(2)8-9(4-5-16)10-6-12(15)13(18-3)7-11(10)14/h6-7,9H,4-5,8,16H2,1-3H3. The van der Waals surface area contributed by atoms with E-state index in [9.17, 15) is 8.78 Å². The number of nitrogens with two attached hydrogens (primary N) is 1. The van der Waals surface area contributed by atoms with Crippen molar-refractivity contribution in [1.82, 2.24) is 4.90 Å². The van der Waals surface area contributed by atoms with Crippen molar-refractivity contribution in [3.63, 3.8) is 0 Å². The van der Waals surface area contributed by atoms with Crippen LogP contribution in [0.25, 0.3) is 0 Å². The van der Waals surface area contributed by atoms with Crippen LogP contribution in [0.1, 0.15) is 17.9 Å². The second-order valence-electron chi connectivity index (χ2n) is 4.54. The fourth-order valence-corrected chi connectivity index (χ4v) is 2.00. The Morgan fingerprint density at radius 2 is 1.94 bits per heavy atom. The molecule has 0 amide bonds. The molecule has 0 aliphatic rings. The van der Waals surface area contributed by atoms with Crippen molar-refractivity contribution >= 4 is 0 Å². The van der Waals surface area contributed by atoms with Crippen molar-refractivity contribution in [2.45, 2.75) is 12.3 Å². The molecule has 0 saturated heterocycles. The van der Waals surface area contributed by atoms with Gasteiger partial charge in [0.1, 0.15) is 5.82 Å². The zero-order valence-corrected chi connectivity index (χ0v) is 11.0. The van der Waals surface area contributed by atoms with Gasteiger partial charge in [-0.3, -0.25) is 0 Å². The van der Waals surface area contributed by atoms with Gasteiger partial charge in [-0.1, -0.05) is 0 Å². The van der Waals surface area contributed by atoms with Gasteiger partial charge in [-0.15, -0.1) is 0 Å². The normalized spacial score (nSPS) is 12.8. The number of hydrogen-bond acceptors (Lipinski definition) is 3. The summed E-state index contributed by atoms with van der Waals surface area (Å²) in [7, 11) is 5.09. The number of ether oxygens (including phenoxy) is 1. The van der Waals surface area contributed by atoms with E-state index in [-0.39, 0.29) is 11.7 Å². The van der Waals surface area contributed by atoms with Crippen LogP contribution < -0.4 is 10.5 Å². The Morgan fingerprint density at radius 1 is 1.28 bits per heavy atom. The van der Waals surface area contributed by atoms with Gasteiger partial charge in [0, 0.05) is 18.5 Å². The molecule has 0 spiro atoms. The molecular formula is C13H20F2N2O. The zero-order chi connectivity index (χ0) is 13.7. The number of nitrogens with zero attached hydrogens (tertiary/aromatic N) is 1. The minimum absolute atomic E-state index is 0.0763. The highest BCUT2D eigenvalue weighted by Gasteiger charge is 2.19. The molecule has 18 heavy (non-hydrogen) atoms. The smallest absolute Gasteiger partial charge is 0.165 e. The van der Waals surface area contributed by atoms with Gasteiger partial charge in [-0.25, -0.2) is 8.78 Å². The van der Waals surface area contributed by atoms with Crippen LogP contribution in [-0.2, 0) is 0 Å². The molecule has 3 nitrogen and oxygen atoms in total. The molecule has 0 heterocycles. The third-order valence-electron chi connectivity index (χ3n) is 2.81. The lowest BCUT2D eigenvalue weighted by Crippen LogP contribution is -2.23. The molecule has 0 aliphatic heterocycles. The summed E-state index contributed by atoms with van der Waals surface area (Å²) in [4.78, 5) is 1.93. The van der Waals surface area contributed by atoms with Crippen LogP contribution in [0.2, 0.25) is 0 Å². The number of benzene rings is 1. The number of hydrogen-bond donors (Lipinski definition) is 1. The maximum Gasteiger partial charge on any atom is 0.165 e. The lowest BCUT2D eigenvalue weighted by molar-refractivity contribution is 0.354. The fourth-order valence-electron chi connectivity index (χ4n) is 2.00. The molecule has 2 N–H and O–H groups in total. The largest absolute Gasteiger partial charge is 0.494 e. The molecule has 0 aliphatic carbocycles. The van der Waals surface area contributed by atoms with Gasteiger partial charge in [-0.05, 0) is 38.7 Å². The van der Waals surface area contributed by atoms with Crippen molar-refractivity contribution in [2.24, 2.45) is 5.73 Å². The van der Waals surface area contributed by atoms with Crippen LogP contribution in [0, 0.1) is 11.6 Å². The maximum absolute atomic E-state index is 13.9. The predicted octanol–water partition coefficient (Wildman–Crippen LogP) is 1.97. The molecule has 0 saturated carbocycles. The lowest BCUT2D eigenvalue weighted by atomic mass is 9.94. The Bertz CT molecular complexity index is 397. The monoisotopic (exact) mass is 258 g/mol. The number of likely N-dealkylation sites (N-methyl/N-ethyl adjacent to an activating group) is 1. The first-order chi connectivity index (χ1) is 8.49. The zero-order valence-electron chi connectivity index (χ0n) is 11.0. The first-order valence-corrected chi connectivity index (χ1v) is 5.87. The topological polar surface area (TPSA) is 38.5 Å². The average molecular weight is 258 g/mol. The van der Waals surface area contributed by atoms with Crippen LogP contribution in [0.4, 0.5) is 8.78 Å². The minimum Gasteiger partial charge on any atom is -0.494 e. The molecule has 0 aromatic heterocycles. The summed E-state index contributed by atoms with van der Waals surface area (Å²) in [5.41, 5.74) is 5.88. The third kappa shape index (κ3) is 3.65. The van der Waals surface area contributed by atoms with Gasteiger partial charge in [0.25, 0.3) is 0 Å². The van der Waals surface area contributed by atoms with Crippen LogP contribution in [0.15, 0.2) is 12.1 Å². The number of rotatable bonds is 6. The molecular weight excluding hydrogens is 238 g/mol. The van der Waals surface area contributed by atoms with Crippen molar-refractivity contribution in [3.05, 3.63) is 29.3 Å². The van der Waals surface area contributed by atoms with E-state index in [4.69, 9.17) is 10.5 Å². The van der Waals surface area contributed by atoms with E-state index < -0.39 is 11.6 Å². The van der Waals surface area contributed by atoms with Crippen LogP contribution in [-0.4, -0.2) is 39.2 Å². The summed E-state index contributed by atoms with van der Waals surface area (Å²) >= 11 is 0. The first kappa shape index (κ1) is 14.9. The van der Waals surface area contributed by atoms with Gasteiger partial charge in [-0.2, -0.15) is 0 Å². The van der Waals surface area contributed by atoms with E-state index in [2.05, 4.69) is 0 Å². The molecule has 1 atom stereocenters. The van der Waals surface area contributed by atoms with Crippen molar-refractivity contribution < 1.29 is 13.5 Å². The van der Waals surface area contributed by atoms with Gasteiger partial charge < -0.3 is 15.4 Å². The van der Waals surface area contributed by atoms with Gasteiger partial charge in [0.15, 0.2) is 11.6 Å². The molecule has 5 heteroatoms. The van der Waals surface area contributed by atoms with Crippen molar-refractivity contribution in [2.75, 3.05) is 34.3 Å². The highest BCUT2D eigenvalue weighted by molar-refractivity contribution is 5.33. The van der Waals surface area contributed by atoms with Crippen LogP contribution in [0.3, 0.4) is 0 Å². The molecule has 1 unspecified atom stereocenters. The summed E-state index contributed by atoms with van der Waals surface area (Å²) in [6.07, 6.45) is 0.612. The number of halogens is 2. The second-order valence-corrected chi connectivity index (χ2v) is 4.54. The summed E-state index contributed by atoms with van der Waals surface area (Å²) in [6, 6.07) is 2.29. The van der Waals surface area contributed by atoms with E-state index >= 15 is 0 Å². The predicted molar refractivity (Wildman–Crippen MR) is 67.9 cm³/mol. The maximum atomic E-state index is 13.9. The highest BCUT2D eigenvalue weighted by atomic mass is 19.1. The molecule has 1 aromatic carbocycles. The van der Waals surface area contributed by atoms with Crippen LogP contribution >= 0.6 is 0 Å². The Morgan fingerprint density at radius 3 is 2.44 bits per heavy atom. The Balaban J connectivity index is 3.07. The van der Waals surface area contributed by atoms with Gasteiger partial charge in [0.2, 0.25) is 0 Å². The Kier molecular flexibility index (Phi) is 5.50. The Hall–Kier alpha value is -1.20. The molecule has 0 radical (unpaired) electrons. The van der Waals surface area contributed by atoms with E-state index in [1.807, 2.05) is 19.0 Å². The third-order valence-corrected chi connectivity index (χ3v) is 2.81. The molecule has 0 bridgehead atoms.